The largest absolute Gasteiger partial charge is 0.527 e. The molecule has 8 nitrogen and oxygen atoms in total. The molecule has 2 heterocycles. The van der Waals surface area contributed by atoms with Gasteiger partial charge in [-0.15, -0.1) is 0 Å². The molecule has 0 spiro atoms. The number of aliphatic hydroxyl groups is 2. The molecule has 0 aromatic carbocycles. The van der Waals surface area contributed by atoms with Crippen LogP contribution in [0, 0.1) is 0 Å². The van der Waals surface area contributed by atoms with Crippen LogP contribution in [-0.2, 0) is 23.1 Å². The Balaban J connectivity index is 2.42. The second kappa shape index (κ2) is 3.21. The van der Waals surface area contributed by atoms with Crippen molar-refractivity contribution < 1.29 is 38.3 Å². The molecule has 0 fully saturated rings. The van der Waals surface area contributed by atoms with E-state index in [9.17, 15) is 19.6 Å². The first-order valence-electron chi connectivity index (χ1n) is 3.90. The van der Waals surface area contributed by atoms with Crippen LogP contribution in [0.1, 0.15) is 0 Å². The van der Waals surface area contributed by atoms with Crippen LogP contribution in [0.15, 0.2) is 11.5 Å². The Hall–Kier alpha value is -1.08. The first-order chi connectivity index (χ1) is 6.91. The maximum Gasteiger partial charge on any atom is 0.527 e. The van der Waals surface area contributed by atoms with Crippen LogP contribution < -0.4 is 0 Å². The Bertz CT molecular complexity index is 387. The Kier molecular flexibility index (Phi) is 2.23. The van der Waals surface area contributed by atoms with Gasteiger partial charge in [-0.2, -0.15) is 0 Å². The highest BCUT2D eigenvalue weighted by molar-refractivity contribution is 7.47. The van der Waals surface area contributed by atoms with E-state index in [2.05, 4.69) is 13.8 Å². The number of phosphoric acid groups is 1. The number of rotatable bonds is 0. The van der Waals surface area contributed by atoms with E-state index in [-0.39, 0.29) is 0 Å². The highest BCUT2D eigenvalue weighted by atomic mass is 31.2. The maximum atomic E-state index is 11.1. The van der Waals surface area contributed by atoms with Crippen molar-refractivity contribution in [3.8, 4) is 0 Å². The maximum absolute atomic E-state index is 11.1. The number of hydrogen-bond donors (Lipinski definition) is 3. The van der Waals surface area contributed by atoms with Crippen LogP contribution in [0.25, 0.3) is 0 Å². The van der Waals surface area contributed by atoms with E-state index in [1.165, 1.54) is 0 Å². The molecule has 2 bridgehead atoms. The van der Waals surface area contributed by atoms with Crippen LogP contribution in [0.5, 0.6) is 0 Å². The summed E-state index contributed by atoms with van der Waals surface area (Å²) >= 11 is 0. The molecular formula is C6H7O8P. The number of carbonyl (C=O) groups excluding carboxylic acids is 1. The number of phosphoric ester groups is 1. The van der Waals surface area contributed by atoms with Gasteiger partial charge in [0.1, 0.15) is 6.10 Å². The Labute approximate surface area is 83.3 Å². The van der Waals surface area contributed by atoms with Gasteiger partial charge < -0.3 is 19.5 Å². The topological polar surface area (TPSA) is 123 Å². The van der Waals surface area contributed by atoms with Crippen molar-refractivity contribution in [3.63, 3.8) is 0 Å². The molecule has 1 unspecified atom stereocenters. The summed E-state index contributed by atoms with van der Waals surface area (Å²) in [5.41, 5.74) is 0. The fourth-order valence-corrected chi connectivity index (χ4v) is 2.00. The summed E-state index contributed by atoms with van der Waals surface area (Å²) < 4.78 is 24.2. The highest BCUT2D eigenvalue weighted by Gasteiger charge is 2.46. The highest BCUT2D eigenvalue weighted by Crippen LogP contribution is 2.49. The lowest BCUT2D eigenvalue weighted by Gasteiger charge is -2.19. The Morgan fingerprint density at radius 1 is 1.47 bits per heavy atom. The van der Waals surface area contributed by atoms with Crippen molar-refractivity contribution >= 4 is 13.8 Å². The van der Waals surface area contributed by atoms with Gasteiger partial charge in [-0.25, -0.2) is 9.36 Å². The van der Waals surface area contributed by atoms with E-state index in [1.807, 2.05) is 0 Å². The fraction of sp³-hybridized carbons (Fsp3) is 0.500. The van der Waals surface area contributed by atoms with E-state index in [1.54, 1.807) is 0 Å². The van der Waals surface area contributed by atoms with Crippen molar-refractivity contribution in [2.24, 2.45) is 0 Å². The minimum Gasteiger partial charge on any atom is -0.505 e. The van der Waals surface area contributed by atoms with Gasteiger partial charge in [0.25, 0.3) is 5.76 Å². The van der Waals surface area contributed by atoms with Gasteiger partial charge in [0.05, 0.1) is 6.61 Å². The molecule has 15 heavy (non-hydrogen) atoms. The summed E-state index contributed by atoms with van der Waals surface area (Å²) in [6.07, 6.45) is -2.73. The molecule has 2 aliphatic rings. The predicted octanol–water partition coefficient (Wildman–Crippen LogP) is -0.811. The molecule has 0 radical (unpaired) electrons. The molecule has 3 N–H and O–H groups in total. The summed E-state index contributed by atoms with van der Waals surface area (Å²) in [6, 6.07) is 0. The van der Waals surface area contributed by atoms with Crippen LogP contribution in [0.2, 0.25) is 0 Å². The zero-order valence-electron chi connectivity index (χ0n) is 7.19. The summed E-state index contributed by atoms with van der Waals surface area (Å²) in [5, 5.41) is 18.7. The van der Waals surface area contributed by atoms with Crippen molar-refractivity contribution in [1.82, 2.24) is 0 Å². The first kappa shape index (κ1) is 10.4. The molecule has 3 atom stereocenters. The third kappa shape index (κ3) is 1.72. The Morgan fingerprint density at radius 3 is 2.80 bits per heavy atom. The van der Waals surface area contributed by atoms with Crippen LogP contribution >= 0.6 is 7.82 Å². The summed E-state index contributed by atoms with van der Waals surface area (Å²) in [4.78, 5) is 20.0. The first-order valence-corrected chi connectivity index (χ1v) is 5.39. The quantitative estimate of drug-likeness (QED) is 0.370. The van der Waals surface area contributed by atoms with Crippen molar-refractivity contribution in [1.29, 1.82) is 0 Å². The van der Waals surface area contributed by atoms with E-state index in [4.69, 9.17) is 4.89 Å². The van der Waals surface area contributed by atoms with Gasteiger partial charge in [-0.3, -0.25) is 9.42 Å². The molecule has 0 amide bonds. The predicted molar refractivity (Wildman–Crippen MR) is 42.4 cm³/mol. The standard InChI is InChI=1S/C6H7O8P/c7-2-1-12-15(10,11)14-5-3(8)4(2)13-6(5)9/h2,4,7-8H,1H2,(H,10,11)/t2-,4+/m0/s1. The lowest BCUT2D eigenvalue weighted by atomic mass is 10.2. The number of fused-ring (bicyclic) bond motifs is 1. The lowest BCUT2D eigenvalue weighted by Crippen LogP contribution is -2.32. The molecule has 0 aromatic heterocycles. The molecule has 0 aromatic rings. The molecule has 84 valence electrons. The third-order valence-corrected chi connectivity index (χ3v) is 2.77. The third-order valence-electron chi connectivity index (χ3n) is 1.89. The number of ether oxygens (including phenoxy) is 1. The minimum absolute atomic E-state index is 0.594. The molecule has 2 rings (SSSR count). The monoisotopic (exact) mass is 238 g/mol. The zero-order chi connectivity index (χ0) is 11.2. The second-order valence-corrected chi connectivity index (χ2v) is 4.34. The van der Waals surface area contributed by atoms with E-state index in [0.29, 0.717) is 0 Å². The number of carbonyl (C=O) groups is 1. The van der Waals surface area contributed by atoms with E-state index in [0.717, 1.165) is 0 Å². The van der Waals surface area contributed by atoms with Crippen molar-refractivity contribution in [2.45, 2.75) is 12.2 Å². The smallest absolute Gasteiger partial charge is 0.505 e. The average molecular weight is 238 g/mol. The van der Waals surface area contributed by atoms with Gasteiger partial charge in [0, 0.05) is 0 Å². The zero-order valence-corrected chi connectivity index (χ0v) is 8.09. The Morgan fingerprint density at radius 2 is 2.13 bits per heavy atom. The summed E-state index contributed by atoms with van der Waals surface area (Å²) in [6.45, 7) is -0.594. The summed E-state index contributed by atoms with van der Waals surface area (Å²) in [7, 11) is -4.49. The van der Waals surface area contributed by atoms with Gasteiger partial charge in [-0.05, 0) is 0 Å². The molecule has 2 aliphatic heterocycles. The van der Waals surface area contributed by atoms with Gasteiger partial charge in [0.2, 0.25) is 0 Å². The second-order valence-electron chi connectivity index (χ2n) is 2.96. The van der Waals surface area contributed by atoms with Gasteiger partial charge >= 0.3 is 13.8 Å². The van der Waals surface area contributed by atoms with E-state index < -0.39 is 44.1 Å². The van der Waals surface area contributed by atoms with Gasteiger partial charge in [-0.1, -0.05) is 0 Å². The van der Waals surface area contributed by atoms with Crippen LogP contribution in [0.3, 0.4) is 0 Å². The van der Waals surface area contributed by atoms with Crippen molar-refractivity contribution in [2.75, 3.05) is 6.61 Å². The van der Waals surface area contributed by atoms with Crippen LogP contribution in [-0.4, -0.2) is 39.9 Å². The fourth-order valence-electron chi connectivity index (χ4n) is 1.20. The normalized spacial score (nSPS) is 40.5. The molecule has 0 saturated heterocycles. The molecule has 0 saturated carbocycles. The summed E-state index contributed by atoms with van der Waals surface area (Å²) in [5.74, 6) is -2.62. The number of esters is 1. The number of aliphatic hydroxyl groups excluding tert-OH is 2. The van der Waals surface area contributed by atoms with Gasteiger partial charge in [0.15, 0.2) is 11.9 Å². The minimum atomic E-state index is -4.49. The molecular weight excluding hydrogens is 231 g/mol. The lowest BCUT2D eigenvalue weighted by molar-refractivity contribution is -0.146. The molecule has 9 heteroatoms. The average Bonchev–Trinajstić information content (AvgIpc) is 2.42. The van der Waals surface area contributed by atoms with Crippen molar-refractivity contribution in [3.05, 3.63) is 11.5 Å². The number of hydrogen-bond acceptors (Lipinski definition) is 7. The van der Waals surface area contributed by atoms with Crippen LogP contribution in [0.4, 0.5) is 0 Å². The molecule has 0 aliphatic carbocycles. The van der Waals surface area contributed by atoms with E-state index >= 15 is 0 Å². The SMILES string of the molecule is O=C1O[C@H]2C(O)=C1OP(=O)(O)OC[C@@H]2O.